The van der Waals surface area contributed by atoms with Gasteiger partial charge in [0, 0.05) is 32.0 Å². The van der Waals surface area contributed by atoms with Gasteiger partial charge in [-0.2, -0.15) is 10.2 Å². The summed E-state index contributed by atoms with van der Waals surface area (Å²) < 4.78 is 15.6. The van der Waals surface area contributed by atoms with Crippen molar-refractivity contribution in [1.29, 1.82) is 0 Å². The third-order valence-corrected chi connectivity index (χ3v) is 2.64. The highest BCUT2D eigenvalue weighted by molar-refractivity contribution is 5.01. The van der Waals surface area contributed by atoms with E-state index in [1.807, 2.05) is 23.0 Å². The second-order valence-corrected chi connectivity index (χ2v) is 4.03. The quantitative estimate of drug-likeness (QED) is 0.808. The minimum absolute atomic E-state index is 0.320. The molecule has 0 saturated carbocycles. The number of rotatable bonds is 7. The van der Waals surface area contributed by atoms with E-state index in [1.54, 1.807) is 10.9 Å². The van der Waals surface area contributed by atoms with Gasteiger partial charge in [0.05, 0.1) is 17.9 Å². The fourth-order valence-electron chi connectivity index (χ4n) is 1.70. The summed E-state index contributed by atoms with van der Waals surface area (Å²) in [7, 11) is 0. The van der Waals surface area contributed by atoms with E-state index in [4.69, 9.17) is 0 Å². The molecule has 0 spiro atoms. The zero-order chi connectivity index (χ0) is 12.8. The van der Waals surface area contributed by atoms with Crippen LogP contribution in [0.15, 0.2) is 24.5 Å². The first-order valence-corrected chi connectivity index (χ1v) is 6.13. The van der Waals surface area contributed by atoms with E-state index in [0.717, 1.165) is 17.9 Å². The lowest BCUT2D eigenvalue weighted by Crippen LogP contribution is -2.14. The SMILES string of the molecule is CCn1ccc(CNCc2ccn(CCF)n2)n1. The lowest BCUT2D eigenvalue weighted by atomic mass is 10.4. The molecule has 2 heterocycles. The average Bonchev–Trinajstić information content (AvgIpc) is 2.99. The van der Waals surface area contributed by atoms with Gasteiger partial charge in [0.1, 0.15) is 6.67 Å². The Hall–Kier alpha value is -1.69. The number of hydrogen-bond donors (Lipinski definition) is 1. The van der Waals surface area contributed by atoms with Crippen LogP contribution in [-0.2, 0) is 26.2 Å². The molecular weight excluding hydrogens is 233 g/mol. The summed E-state index contributed by atoms with van der Waals surface area (Å²) >= 11 is 0. The van der Waals surface area contributed by atoms with Gasteiger partial charge in [-0.1, -0.05) is 0 Å². The Labute approximate surface area is 106 Å². The predicted octanol–water partition coefficient (Wildman–Crippen LogP) is 1.36. The van der Waals surface area contributed by atoms with Crippen LogP contribution in [0.3, 0.4) is 0 Å². The fourth-order valence-corrected chi connectivity index (χ4v) is 1.70. The third-order valence-electron chi connectivity index (χ3n) is 2.64. The Kier molecular flexibility index (Phi) is 4.46. The molecule has 0 aromatic carbocycles. The maximum atomic E-state index is 12.1. The molecule has 6 heteroatoms. The smallest absolute Gasteiger partial charge is 0.109 e. The Balaban J connectivity index is 1.77. The zero-order valence-corrected chi connectivity index (χ0v) is 10.5. The van der Waals surface area contributed by atoms with Crippen LogP contribution in [0.25, 0.3) is 0 Å². The van der Waals surface area contributed by atoms with Crippen LogP contribution in [0.2, 0.25) is 0 Å². The number of alkyl halides is 1. The maximum Gasteiger partial charge on any atom is 0.109 e. The van der Waals surface area contributed by atoms with Crippen LogP contribution in [0.1, 0.15) is 18.3 Å². The maximum absolute atomic E-state index is 12.1. The number of aryl methyl sites for hydroxylation is 2. The molecule has 2 rings (SSSR count). The van der Waals surface area contributed by atoms with Gasteiger partial charge in [-0.25, -0.2) is 4.39 Å². The number of nitrogens with zero attached hydrogens (tertiary/aromatic N) is 4. The summed E-state index contributed by atoms with van der Waals surface area (Å²) in [4.78, 5) is 0. The summed E-state index contributed by atoms with van der Waals surface area (Å²) in [5.41, 5.74) is 1.93. The normalized spacial score (nSPS) is 11.0. The van der Waals surface area contributed by atoms with E-state index in [1.165, 1.54) is 0 Å². The molecule has 18 heavy (non-hydrogen) atoms. The van der Waals surface area contributed by atoms with Crippen LogP contribution >= 0.6 is 0 Å². The molecule has 0 saturated heterocycles. The molecule has 2 aromatic heterocycles. The molecule has 5 nitrogen and oxygen atoms in total. The van der Waals surface area contributed by atoms with Gasteiger partial charge in [-0.15, -0.1) is 0 Å². The van der Waals surface area contributed by atoms with Gasteiger partial charge in [0.15, 0.2) is 0 Å². The molecule has 0 aliphatic heterocycles. The van der Waals surface area contributed by atoms with Gasteiger partial charge in [-0.3, -0.25) is 9.36 Å². The van der Waals surface area contributed by atoms with E-state index in [9.17, 15) is 4.39 Å². The van der Waals surface area contributed by atoms with Crippen molar-refractivity contribution >= 4 is 0 Å². The molecule has 2 aromatic rings. The Morgan fingerprint density at radius 1 is 1.11 bits per heavy atom. The molecule has 0 atom stereocenters. The topological polar surface area (TPSA) is 47.7 Å². The lowest BCUT2D eigenvalue weighted by Gasteiger charge is -2.00. The Morgan fingerprint density at radius 2 is 1.72 bits per heavy atom. The molecule has 1 N–H and O–H groups in total. The molecule has 0 unspecified atom stereocenters. The van der Waals surface area contributed by atoms with Crippen molar-refractivity contribution in [3.05, 3.63) is 35.9 Å². The summed E-state index contributed by atoms with van der Waals surface area (Å²) in [5, 5.41) is 11.9. The second kappa shape index (κ2) is 6.30. The van der Waals surface area contributed by atoms with Crippen LogP contribution < -0.4 is 5.32 Å². The first-order chi connectivity index (χ1) is 8.81. The highest BCUT2D eigenvalue weighted by Gasteiger charge is 2.00. The standard InChI is InChI=1S/C12H18FN5/c1-2-17-6-3-11(15-17)9-14-10-12-4-7-18(16-12)8-5-13/h3-4,6-7,14H,2,5,8-10H2,1H3. The van der Waals surface area contributed by atoms with Crippen molar-refractivity contribution in [2.45, 2.75) is 33.1 Å². The minimum Gasteiger partial charge on any atom is -0.305 e. The highest BCUT2D eigenvalue weighted by Crippen LogP contribution is 1.98. The monoisotopic (exact) mass is 251 g/mol. The molecule has 0 aliphatic carbocycles. The van der Waals surface area contributed by atoms with E-state index in [-0.39, 0.29) is 6.67 Å². The minimum atomic E-state index is -0.386. The highest BCUT2D eigenvalue weighted by atomic mass is 19.1. The van der Waals surface area contributed by atoms with E-state index < -0.39 is 0 Å². The number of nitrogens with one attached hydrogen (secondary N) is 1. The van der Waals surface area contributed by atoms with Crippen LogP contribution in [0, 0.1) is 0 Å². The molecule has 0 bridgehead atoms. The first-order valence-electron chi connectivity index (χ1n) is 6.13. The molecule has 0 fully saturated rings. The van der Waals surface area contributed by atoms with Crippen molar-refractivity contribution in [2.24, 2.45) is 0 Å². The fraction of sp³-hybridized carbons (Fsp3) is 0.500. The summed E-state index contributed by atoms with van der Waals surface area (Å²) in [5.74, 6) is 0. The average molecular weight is 251 g/mol. The van der Waals surface area contributed by atoms with Crippen LogP contribution in [0.5, 0.6) is 0 Å². The van der Waals surface area contributed by atoms with E-state index in [0.29, 0.717) is 19.6 Å². The zero-order valence-electron chi connectivity index (χ0n) is 10.5. The number of halogens is 1. The van der Waals surface area contributed by atoms with E-state index >= 15 is 0 Å². The Morgan fingerprint density at radius 3 is 2.28 bits per heavy atom. The molecular formula is C12H18FN5. The third kappa shape index (κ3) is 3.40. The summed E-state index contributed by atoms with van der Waals surface area (Å²) in [6, 6.07) is 3.89. The molecule has 98 valence electrons. The van der Waals surface area contributed by atoms with Gasteiger partial charge in [-0.05, 0) is 19.1 Å². The molecule has 0 amide bonds. The van der Waals surface area contributed by atoms with E-state index in [2.05, 4.69) is 22.4 Å². The lowest BCUT2D eigenvalue weighted by molar-refractivity contribution is 0.425. The number of aromatic nitrogens is 4. The van der Waals surface area contributed by atoms with Gasteiger partial charge in [0.25, 0.3) is 0 Å². The predicted molar refractivity (Wildman–Crippen MR) is 66.6 cm³/mol. The second-order valence-electron chi connectivity index (χ2n) is 4.03. The largest absolute Gasteiger partial charge is 0.305 e. The number of hydrogen-bond acceptors (Lipinski definition) is 3. The van der Waals surface area contributed by atoms with Gasteiger partial charge < -0.3 is 5.32 Å². The van der Waals surface area contributed by atoms with Crippen molar-refractivity contribution in [1.82, 2.24) is 24.9 Å². The van der Waals surface area contributed by atoms with Gasteiger partial charge >= 0.3 is 0 Å². The van der Waals surface area contributed by atoms with Gasteiger partial charge in [0.2, 0.25) is 0 Å². The molecule has 0 radical (unpaired) electrons. The van der Waals surface area contributed by atoms with Crippen molar-refractivity contribution < 1.29 is 4.39 Å². The van der Waals surface area contributed by atoms with Crippen LogP contribution in [-0.4, -0.2) is 26.2 Å². The molecule has 0 aliphatic rings. The summed E-state index contributed by atoms with van der Waals surface area (Å²) in [6.07, 6.45) is 3.76. The van der Waals surface area contributed by atoms with Crippen molar-refractivity contribution in [3.63, 3.8) is 0 Å². The van der Waals surface area contributed by atoms with Crippen molar-refractivity contribution in [3.8, 4) is 0 Å². The van der Waals surface area contributed by atoms with Crippen molar-refractivity contribution in [2.75, 3.05) is 6.67 Å². The first kappa shape index (κ1) is 12.8. The summed E-state index contributed by atoms with van der Waals surface area (Å²) in [6.45, 7) is 4.25. The van der Waals surface area contributed by atoms with Crippen LogP contribution in [0.4, 0.5) is 4.39 Å². The Bertz CT molecular complexity index is 476.